The van der Waals surface area contributed by atoms with Gasteiger partial charge in [0.15, 0.2) is 11.9 Å². The second kappa shape index (κ2) is 9.20. The number of hydrogen-bond acceptors (Lipinski definition) is 6. The molecule has 1 aromatic heterocycles. The van der Waals surface area contributed by atoms with Crippen molar-refractivity contribution < 1.29 is 4.74 Å². The van der Waals surface area contributed by atoms with Crippen molar-refractivity contribution in [1.82, 2.24) is 15.2 Å². The van der Waals surface area contributed by atoms with Crippen LogP contribution in [0.1, 0.15) is 38.0 Å². The molecule has 0 aliphatic carbocycles. The van der Waals surface area contributed by atoms with E-state index in [0.717, 1.165) is 29.0 Å². The Morgan fingerprint density at radius 2 is 1.97 bits per heavy atom. The van der Waals surface area contributed by atoms with Gasteiger partial charge in [-0.2, -0.15) is 4.98 Å². The summed E-state index contributed by atoms with van der Waals surface area (Å²) in [6, 6.07) is 13.2. The van der Waals surface area contributed by atoms with Gasteiger partial charge in [0.2, 0.25) is 11.0 Å². The van der Waals surface area contributed by atoms with Crippen LogP contribution in [0, 0.1) is 0 Å². The molecule has 5 nitrogen and oxygen atoms in total. The first kappa shape index (κ1) is 20.3. The SMILES string of the molecule is CCCCCSc1nnc2c(n1)O[C@@H](c1ccc(Cl)cc1Cl)Nc1ccccc1-2. The van der Waals surface area contributed by atoms with E-state index < -0.39 is 6.23 Å². The van der Waals surface area contributed by atoms with Crippen LogP contribution < -0.4 is 10.1 Å². The number of ether oxygens (including phenoxy) is 1. The van der Waals surface area contributed by atoms with Crippen LogP contribution in [0.4, 0.5) is 5.69 Å². The van der Waals surface area contributed by atoms with E-state index in [9.17, 15) is 0 Å². The van der Waals surface area contributed by atoms with E-state index >= 15 is 0 Å². The Morgan fingerprint density at radius 1 is 1.10 bits per heavy atom. The maximum absolute atomic E-state index is 6.44. The van der Waals surface area contributed by atoms with Crippen LogP contribution in [0.2, 0.25) is 10.0 Å². The third kappa shape index (κ3) is 4.60. The number of rotatable bonds is 6. The van der Waals surface area contributed by atoms with E-state index in [1.165, 1.54) is 12.8 Å². The third-order valence-corrected chi connectivity index (χ3v) is 6.04. The lowest BCUT2D eigenvalue weighted by Crippen LogP contribution is -2.17. The molecular weight excluding hydrogens is 427 g/mol. The molecule has 0 saturated carbocycles. The summed E-state index contributed by atoms with van der Waals surface area (Å²) in [6.45, 7) is 2.19. The van der Waals surface area contributed by atoms with Crippen LogP contribution in [-0.2, 0) is 0 Å². The highest BCUT2D eigenvalue weighted by Gasteiger charge is 2.27. The number of hydrogen-bond donors (Lipinski definition) is 1. The largest absolute Gasteiger partial charge is 0.448 e. The van der Waals surface area contributed by atoms with Crippen LogP contribution >= 0.6 is 35.0 Å². The fourth-order valence-corrected chi connectivity index (χ4v) is 4.36. The number of halogens is 2. The van der Waals surface area contributed by atoms with Crippen LogP contribution in [0.15, 0.2) is 47.6 Å². The van der Waals surface area contributed by atoms with Gasteiger partial charge in [0, 0.05) is 27.6 Å². The number of aromatic nitrogens is 3. The number of thioether (sulfide) groups is 1. The summed E-state index contributed by atoms with van der Waals surface area (Å²) in [6.07, 6.45) is 2.96. The van der Waals surface area contributed by atoms with Crippen molar-refractivity contribution in [3.05, 3.63) is 58.1 Å². The fourth-order valence-electron chi connectivity index (χ4n) is 3.08. The zero-order chi connectivity index (χ0) is 20.2. The maximum atomic E-state index is 6.44. The molecule has 1 aliphatic heterocycles. The summed E-state index contributed by atoms with van der Waals surface area (Å²) in [5, 5.41) is 13.8. The Bertz CT molecular complexity index is 1020. The molecule has 1 atom stereocenters. The topological polar surface area (TPSA) is 59.9 Å². The van der Waals surface area contributed by atoms with Crippen LogP contribution in [0.3, 0.4) is 0 Å². The molecule has 8 heteroatoms. The summed E-state index contributed by atoms with van der Waals surface area (Å²) in [5.74, 6) is 1.39. The van der Waals surface area contributed by atoms with E-state index in [2.05, 4.69) is 27.4 Å². The summed E-state index contributed by atoms with van der Waals surface area (Å²) < 4.78 is 6.25. The van der Waals surface area contributed by atoms with Gasteiger partial charge in [-0.3, -0.25) is 0 Å². The monoisotopic (exact) mass is 446 g/mol. The molecule has 3 aromatic rings. The van der Waals surface area contributed by atoms with Gasteiger partial charge in [0.25, 0.3) is 0 Å². The van der Waals surface area contributed by atoms with E-state index in [1.807, 2.05) is 30.3 Å². The first-order valence-corrected chi connectivity index (χ1v) is 11.2. The van der Waals surface area contributed by atoms with Gasteiger partial charge in [0.05, 0.1) is 5.02 Å². The Morgan fingerprint density at radius 3 is 2.79 bits per heavy atom. The molecule has 0 unspecified atom stereocenters. The van der Waals surface area contributed by atoms with Crippen molar-refractivity contribution in [3.63, 3.8) is 0 Å². The maximum Gasteiger partial charge on any atom is 0.247 e. The predicted octanol–water partition coefficient (Wildman–Crippen LogP) is 6.63. The number of nitrogens with one attached hydrogen (secondary N) is 1. The number of nitrogens with zero attached hydrogens (tertiary/aromatic N) is 3. The van der Waals surface area contributed by atoms with Crippen molar-refractivity contribution in [1.29, 1.82) is 0 Å². The van der Waals surface area contributed by atoms with E-state index in [4.69, 9.17) is 27.9 Å². The Kier molecular flexibility index (Phi) is 6.43. The molecule has 0 saturated heterocycles. The van der Waals surface area contributed by atoms with Gasteiger partial charge in [-0.1, -0.05) is 79.0 Å². The van der Waals surface area contributed by atoms with E-state index in [0.29, 0.717) is 26.8 Å². The van der Waals surface area contributed by atoms with Crippen LogP contribution in [0.25, 0.3) is 11.3 Å². The van der Waals surface area contributed by atoms with Crippen molar-refractivity contribution in [2.75, 3.05) is 11.1 Å². The third-order valence-electron chi connectivity index (χ3n) is 4.56. The summed E-state index contributed by atoms with van der Waals surface area (Å²) >= 11 is 14.1. The number of para-hydroxylation sites is 1. The average molecular weight is 447 g/mol. The molecular formula is C21H20Cl2N4OS. The molecule has 0 bridgehead atoms. The lowest BCUT2D eigenvalue weighted by atomic mass is 10.1. The van der Waals surface area contributed by atoms with Gasteiger partial charge in [-0.25, -0.2) is 0 Å². The molecule has 1 aliphatic rings. The lowest BCUT2D eigenvalue weighted by Gasteiger charge is -2.20. The molecule has 150 valence electrons. The van der Waals surface area contributed by atoms with Crippen molar-refractivity contribution in [2.45, 2.75) is 37.6 Å². The number of fused-ring (bicyclic) bond motifs is 3. The minimum atomic E-state index is -0.531. The molecule has 1 N–H and O–H groups in total. The first-order valence-electron chi connectivity index (χ1n) is 9.50. The Labute approximate surface area is 184 Å². The highest BCUT2D eigenvalue weighted by atomic mass is 35.5. The van der Waals surface area contributed by atoms with Crippen LogP contribution in [0.5, 0.6) is 5.88 Å². The number of benzene rings is 2. The Balaban J connectivity index is 1.70. The fraction of sp³-hybridized carbons (Fsp3) is 0.286. The lowest BCUT2D eigenvalue weighted by molar-refractivity contribution is 0.225. The average Bonchev–Trinajstić information content (AvgIpc) is 2.87. The van der Waals surface area contributed by atoms with Gasteiger partial charge >= 0.3 is 0 Å². The smallest absolute Gasteiger partial charge is 0.247 e. The minimum absolute atomic E-state index is 0.437. The Hall–Kier alpha value is -2.02. The molecule has 0 amide bonds. The highest BCUT2D eigenvalue weighted by Crippen LogP contribution is 2.40. The van der Waals surface area contributed by atoms with Crippen molar-refractivity contribution >= 4 is 40.7 Å². The zero-order valence-corrected chi connectivity index (χ0v) is 18.2. The van der Waals surface area contributed by atoms with Gasteiger partial charge < -0.3 is 10.1 Å². The van der Waals surface area contributed by atoms with Gasteiger partial charge in [-0.05, 0) is 24.6 Å². The molecule has 0 radical (unpaired) electrons. The molecule has 0 fully saturated rings. The standard InChI is InChI=1S/C21H20Cl2N4OS/c1-2-3-6-11-29-21-25-20-18(26-27-21)15-7-4-5-8-17(15)24-19(28-20)14-10-9-13(22)12-16(14)23/h4-5,7-10,12,19,24H,2-3,6,11H2,1H3/t19-/m0/s1. The normalized spacial score (nSPS) is 14.9. The highest BCUT2D eigenvalue weighted by molar-refractivity contribution is 7.99. The number of unbranched alkanes of at least 4 members (excludes halogenated alkanes) is 2. The molecule has 0 spiro atoms. The first-order chi connectivity index (χ1) is 14.2. The van der Waals surface area contributed by atoms with Crippen molar-refractivity contribution in [3.8, 4) is 17.1 Å². The second-order valence-electron chi connectivity index (χ2n) is 6.66. The zero-order valence-electron chi connectivity index (χ0n) is 15.9. The molecule has 29 heavy (non-hydrogen) atoms. The van der Waals surface area contributed by atoms with Gasteiger partial charge in [-0.15, -0.1) is 10.2 Å². The van der Waals surface area contributed by atoms with Crippen molar-refractivity contribution in [2.24, 2.45) is 0 Å². The second-order valence-corrected chi connectivity index (χ2v) is 8.56. The summed E-state index contributed by atoms with van der Waals surface area (Å²) in [5.41, 5.74) is 3.15. The van der Waals surface area contributed by atoms with Gasteiger partial charge in [0.1, 0.15) is 0 Å². The van der Waals surface area contributed by atoms with E-state index in [1.54, 1.807) is 23.9 Å². The summed E-state index contributed by atoms with van der Waals surface area (Å²) in [7, 11) is 0. The quantitative estimate of drug-likeness (QED) is 0.338. The van der Waals surface area contributed by atoms with E-state index in [-0.39, 0.29) is 0 Å². The van der Waals surface area contributed by atoms with Crippen LogP contribution in [-0.4, -0.2) is 20.9 Å². The summed E-state index contributed by atoms with van der Waals surface area (Å²) in [4.78, 5) is 4.65. The predicted molar refractivity (Wildman–Crippen MR) is 119 cm³/mol. The molecule has 2 aromatic carbocycles. The minimum Gasteiger partial charge on any atom is -0.448 e. The molecule has 4 rings (SSSR count). The number of anilines is 1. The molecule has 2 heterocycles.